The molecular formula is C21H24ClN3O2. The third kappa shape index (κ3) is 3.99. The van der Waals surface area contributed by atoms with Crippen LogP contribution < -0.4 is 19.7 Å². The highest BCUT2D eigenvalue weighted by atomic mass is 35.5. The molecule has 6 heteroatoms. The van der Waals surface area contributed by atoms with Crippen LogP contribution in [0.15, 0.2) is 54.9 Å². The lowest BCUT2D eigenvalue weighted by atomic mass is 10.1. The Labute approximate surface area is 165 Å². The van der Waals surface area contributed by atoms with Gasteiger partial charge in [0, 0.05) is 30.7 Å². The van der Waals surface area contributed by atoms with E-state index >= 15 is 0 Å². The molecule has 2 aliphatic rings. The first-order chi connectivity index (χ1) is 13.2. The summed E-state index contributed by atoms with van der Waals surface area (Å²) in [5, 5.41) is 3.95. The average Bonchev–Trinajstić information content (AvgIpc) is 3.21. The first kappa shape index (κ1) is 18.0. The fourth-order valence-electron chi connectivity index (χ4n) is 3.52. The Balaban J connectivity index is 1.40. The Morgan fingerprint density at radius 1 is 1.07 bits per heavy atom. The number of nitrogens with one attached hydrogen (secondary N) is 1. The molecule has 1 saturated heterocycles. The van der Waals surface area contributed by atoms with Gasteiger partial charge in [-0.05, 0) is 55.8 Å². The van der Waals surface area contributed by atoms with Gasteiger partial charge < -0.3 is 24.6 Å². The molecule has 1 N–H and O–H groups in total. The van der Waals surface area contributed by atoms with Crippen molar-refractivity contribution in [2.24, 2.45) is 0 Å². The fraction of sp³-hybridized carbons (Fsp3) is 0.333. The average molecular weight is 386 g/mol. The van der Waals surface area contributed by atoms with Gasteiger partial charge in [0.15, 0.2) is 0 Å². The first-order valence-corrected chi connectivity index (χ1v) is 9.64. The quantitative estimate of drug-likeness (QED) is 0.823. The second-order valence-electron chi connectivity index (χ2n) is 6.79. The predicted molar refractivity (Wildman–Crippen MR) is 109 cm³/mol. The van der Waals surface area contributed by atoms with Gasteiger partial charge in [-0.2, -0.15) is 0 Å². The number of benzene rings is 2. The summed E-state index contributed by atoms with van der Waals surface area (Å²) in [5.74, 6) is 1.93. The normalized spacial score (nSPS) is 19.4. The van der Waals surface area contributed by atoms with Gasteiger partial charge >= 0.3 is 0 Å². The number of methoxy groups -OCH3 is 1. The maximum atomic E-state index is 6.31. The molecule has 0 spiro atoms. The molecule has 0 aliphatic carbocycles. The lowest BCUT2D eigenvalue weighted by Crippen LogP contribution is -2.44. The maximum Gasteiger partial charge on any atom is 0.149 e. The van der Waals surface area contributed by atoms with E-state index in [1.807, 2.05) is 30.3 Å². The minimum Gasteiger partial charge on any atom is -0.495 e. The molecule has 4 rings (SSSR count). The number of hydrogen-bond donors (Lipinski definition) is 1. The van der Waals surface area contributed by atoms with Crippen molar-refractivity contribution in [2.75, 3.05) is 31.8 Å². The van der Waals surface area contributed by atoms with Crippen LogP contribution in [0.2, 0.25) is 5.02 Å². The highest BCUT2D eigenvalue weighted by Crippen LogP contribution is 2.36. The monoisotopic (exact) mass is 385 g/mol. The lowest BCUT2D eigenvalue weighted by molar-refractivity contribution is 0.245. The number of hydrogen-bond acceptors (Lipinski definition) is 5. The standard InChI is InChI=1S/C21H24ClN3O2/c1-26-19-5-2-6-20(21(19)22)27-18-9-7-16(8-10-18)24-12-13-25(15-24)17-4-3-11-23-14-17/h2,5-10,12-13,17,23H,3-4,11,14-15H2,1H3/t17-/m0/s1. The molecule has 2 heterocycles. The van der Waals surface area contributed by atoms with Crippen LogP contribution in [-0.4, -0.2) is 37.8 Å². The largest absolute Gasteiger partial charge is 0.495 e. The van der Waals surface area contributed by atoms with Crippen molar-refractivity contribution >= 4 is 17.3 Å². The van der Waals surface area contributed by atoms with Crippen LogP contribution in [0.3, 0.4) is 0 Å². The highest BCUT2D eigenvalue weighted by molar-refractivity contribution is 6.33. The molecule has 0 aromatic heterocycles. The van der Waals surface area contributed by atoms with Crippen molar-refractivity contribution in [2.45, 2.75) is 18.9 Å². The molecule has 0 saturated carbocycles. The van der Waals surface area contributed by atoms with Crippen molar-refractivity contribution in [1.29, 1.82) is 0 Å². The smallest absolute Gasteiger partial charge is 0.149 e. The number of nitrogens with zero attached hydrogens (tertiary/aromatic N) is 2. The molecule has 0 unspecified atom stereocenters. The third-order valence-electron chi connectivity index (χ3n) is 5.04. The zero-order valence-electron chi connectivity index (χ0n) is 15.4. The van der Waals surface area contributed by atoms with E-state index in [1.165, 1.54) is 12.8 Å². The number of halogens is 1. The van der Waals surface area contributed by atoms with E-state index in [0.717, 1.165) is 31.2 Å². The van der Waals surface area contributed by atoms with Crippen LogP contribution in [0.4, 0.5) is 5.69 Å². The van der Waals surface area contributed by atoms with Gasteiger partial charge in [-0.3, -0.25) is 0 Å². The Morgan fingerprint density at radius 3 is 2.63 bits per heavy atom. The van der Waals surface area contributed by atoms with Crippen LogP contribution in [0.1, 0.15) is 12.8 Å². The van der Waals surface area contributed by atoms with Crippen molar-refractivity contribution in [3.05, 3.63) is 59.9 Å². The molecule has 27 heavy (non-hydrogen) atoms. The summed E-state index contributed by atoms with van der Waals surface area (Å²) in [4.78, 5) is 4.66. The fourth-order valence-corrected chi connectivity index (χ4v) is 3.76. The van der Waals surface area contributed by atoms with Crippen molar-refractivity contribution in [1.82, 2.24) is 10.2 Å². The summed E-state index contributed by atoms with van der Waals surface area (Å²) in [6, 6.07) is 14.1. The number of rotatable bonds is 5. The second-order valence-corrected chi connectivity index (χ2v) is 7.17. The summed E-state index contributed by atoms with van der Waals surface area (Å²) >= 11 is 6.31. The van der Waals surface area contributed by atoms with E-state index in [4.69, 9.17) is 21.1 Å². The predicted octanol–water partition coefficient (Wildman–Crippen LogP) is 4.44. The first-order valence-electron chi connectivity index (χ1n) is 9.26. The molecule has 1 atom stereocenters. The lowest BCUT2D eigenvalue weighted by Gasteiger charge is -2.32. The summed E-state index contributed by atoms with van der Waals surface area (Å²) in [7, 11) is 1.59. The van der Waals surface area contributed by atoms with Gasteiger partial charge in [-0.1, -0.05) is 17.7 Å². The van der Waals surface area contributed by atoms with Gasteiger partial charge in [0.05, 0.1) is 13.8 Å². The molecule has 0 bridgehead atoms. The third-order valence-corrected chi connectivity index (χ3v) is 5.41. The number of ether oxygens (including phenoxy) is 2. The van der Waals surface area contributed by atoms with E-state index in [-0.39, 0.29) is 0 Å². The van der Waals surface area contributed by atoms with E-state index < -0.39 is 0 Å². The SMILES string of the molecule is COc1cccc(Oc2ccc(N3C=CN([C@H]4CCCNC4)C3)cc2)c1Cl. The molecule has 5 nitrogen and oxygen atoms in total. The minimum absolute atomic E-state index is 0.475. The maximum absolute atomic E-state index is 6.31. The van der Waals surface area contributed by atoms with Crippen molar-refractivity contribution < 1.29 is 9.47 Å². The Hall–Kier alpha value is -2.37. The molecule has 142 valence electrons. The van der Waals surface area contributed by atoms with Gasteiger partial charge in [0.25, 0.3) is 0 Å². The Morgan fingerprint density at radius 2 is 1.89 bits per heavy atom. The van der Waals surface area contributed by atoms with E-state index in [2.05, 4.69) is 39.6 Å². The summed E-state index contributed by atoms with van der Waals surface area (Å²) in [6.07, 6.45) is 6.83. The second kappa shape index (κ2) is 8.11. The van der Waals surface area contributed by atoms with Crippen LogP contribution in [0.5, 0.6) is 17.2 Å². The van der Waals surface area contributed by atoms with Crippen LogP contribution in [-0.2, 0) is 0 Å². The van der Waals surface area contributed by atoms with Gasteiger partial charge in [0.2, 0.25) is 0 Å². The molecule has 2 aliphatic heterocycles. The van der Waals surface area contributed by atoms with Gasteiger partial charge in [-0.25, -0.2) is 0 Å². The molecule has 1 fully saturated rings. The van der Waals surface area contributed by atoms with Gasteiger partial charge in [0.1, 0.15) is 22.3 Å². The zero-order valence-corrected chi connectivity index (χ0v) is 16.2. The summed E-state index contributed by atoms with van der Waals surface area (Å²) < 4.78 is 11.2. The molecular weight excluding hydrogens is 362 g/mol. The van der Waals surface area contributed by atoms with E-state index in [9.17, 15) is 0 Å². The summed E-state index contributed by atoms with van der Waals surface area (Å²) in [6.45, 7) is 3.08. The number of piperidine rings is 1. The Kier molecular flexibility index (Phi) is 5.41. The van der Waals surface area contributed by atoms with E-state index in [0.29, 0.717) is 22.6 Å². The van der Waals surface area contributed by atoms with Crippen LogP contribution in [0.25, 0.3) is 0 Å². The highest BCUT2D eigenvalue weighted by Gasteiger charge is 2.23. The Bertz CT molecular complexity index is 804. The molecule has 0 radical (unpaired) electrons. The number of anilines is 1. The molecule has 2 aromatic rings. The molecule has 0 amide bonds. The molecule has 2 aromatic carbocycles. The van der Waals surface area contributed by atoms with Gasteiger partial charge in [-0.15, -0.1) is 0 Å². The van der Waals surface area contributed by atoms with E-state index in [1.54, 1.807) is 7.11 Å². The van der Waals surface area contributed by atoms with Crippen molar-refractivity contribution in [3.8, 4) is 17.2 Å². The van der Waals surface area contributed by atoms with Crippen LogP contribution >= 0.6 is 11.6 Å². The summed E-state index contributed by atoms with van der Waals surface area (Å²) in [5.41, 5.74) is 1.14. The van der Waals surface area contributed by atoms with Crippen LogP contribution in [0, 0.1) is 0 Å². The topological polar surface area (TPSA) is 37.0 Å². The zero-order chi connectivity index (χ0) is 18.6. The van der Waals surface area contributed by atoms with Crippen molar-refractivity contribution in [3.63, 3.8) is 0 Å². The minimum atomic E-state index is 0.475.